The van der Waals surface area contributed by atoms with Crippen molar-refractivity contribution in [2.75, 3.05) is 6.54 Å². The van der Waals surface area contributed by atoms with Gasteiger partial charge in [0, 0.05) is 11.4 Å². The first-order valence-electron chi connectivity index (χ1n) is 5.89. The fourth-order valence-electron chi connectivity index (χ4n) is 2.34. The number of hydrogen-bond acceptors (Lipinski definition) is 3. The van der Waals surface area contributed by atoms with Gasteiger partial charge in [0.05, 0.1) is 10.7 Å². The summed E-state index contributed by atoms with van der Waals surface area (Å²) >= 11 is 1.82. The standard InChI is InChI=1S/C12H20N2S/c1-9-12(15-10(2)14-9)8-13-7-11-5-3-4-6-11/h11,13H,3-8H2,1-2H3. The van der Waals surface area contributed by atoms with Crippen LogP contribution in [0.2, 0.25) is 0 Å². The Labute approximate surface area is 96.1 Å². The lowest BCUT2D eigenvalue weighted by Gasteiger charge is -2.09. The number of hydrogen-bond donors (Lipinski definition) is 1. The second-order valence-corrected chi connectivity index (χ2v) is 5.81. The Morgan fingerprint density at radius 3 is 2.67 bits per heavy atom. The number of nitrogens with one attached hydrogen (secondary N) is 1. The van der Waals surface area contributed by atoms with E-state index in [9.17, 15) is 0 Å². The van der Waals surface area contributed by atoms with E-state index in [1.54, 1.807) is 0 Å². The summed E-state index contributed by atoms with van der Waals surface area (Å²) in [6.45, 7) is 6.39. The van der Waals surface area contributed by atoms with E-state index in [4.69, 9.17) is 0 Å². The lowest BCUT2D eigenvalue weighted by Crippen LogP contribution is -2.20. The van der Waals surface area contributed by atoms with Crippen LogP contribution in [0, 0.1) is 19.8 Å². The average molecular weight is 224 g/mol. The number of aromatic nitrogens is 1. The highest BCUT2D eigenvalue weighted by Gasteiger charge is 2.14. The molecule has 3 heteroatoms. The lowest BCUT2D eigenvalue weighted by molar-refractivity contribution is 0.490. The normalized spacial score (nSPS) is 17.5. The maximum absolute atomic E-state index is 4.44. The summed E-state index contributed by atoms with van der Waals surface area (Å²) in [5.74, 6) is 0.930. The van der Waals surface area contributed by atoms with Crippen molar-refractivity contribution in [1.29, 1.82) is 0 Å². The third-order valence-electron chi connectivity index (χ3n) is 3.19. The predicted molar refractivity (Wildman–Crippen MR) is 65.3 cm³/mol. The van der Waals surface area contributed by atoms with E-state index in [1.807, 2.05) is 11.3 Å². The van der Waals surface area contributed by atoms with Crippen LogP contribution in [0.4, 0.5) is 0 Å². The van der Waals surface area contributed by atoms with Crippen molar-refractivity contribution in [2.45, 2.75) is 46.1 Å². The van der Waals surface area contributed by atoms with Crippen LogP contribution < -0.4 is 5.32 Å². The Kier molecular flexibility index (Phi) is 3.76. The van der Waals surface area contributed by atoms with Crippen molar-refractivity contribution < 1.29 is 0 Å². The topological polar surface area (TPSA) is 24.9 Å². The molecule has 1 fully saturated rings. The number of nitrogens with zero attached hydrogens (tertiary/aromatic N) is 1. The van der Waals surface area contributed by atoms with E-state index in [0.29, 0.717) is 0 Å². The van der Waals surface area contributed by atoms with E-state index >= 15 is 0 Å². The fraction of sp³-hybridized carbons (Fsp3) is 0.750. The minimum Gasteiger partial charge on any atom is -0.312 e. The van der Waals surface area contributed by atoms with Gasteiger partial charge < -0.3 is 5.32 Å². The molecule has 0 spiro atoms. The molecule has 0 bridgehead atoms. The molecule has 0 saturated heterocycles. The van der Waals surface area contributed by atoms with Gasteiger partial charge >= 0.3 is 0 Å². The average Bonchev–Trinajstić information content (AvgIpc) is 2.77. The van der Waals surface area contributed by atoms with Crippen LogP contribution in [0.1, 0.15) is 41.3 Å². The highest BCUT2D eigenvalue weighted by Crippen LogP contribution is 2.24. The van der Waals surface area contributed by atoms with Crippen molar-refractivity contribution in [2.24, 2.45) is 5.92 Å². The second kappa shape index (κ2) is 5.08. The largest absolute Gasteiger partial charge is 0.312 e. The zero-order valence-corrected chi connectivity index (χ0v) is 10.5. The van der Waals surface area contributed by atoms with Crippen LogP contribution in [0.3, 0.4) is 0 Å². The van der Waals surface area contributed by atoms with E-state index in [2.05, 4.69) is 24.1 Å². The highest BCUT2D eigenvalue weighted by molar-refractivity contribution is 7.11. The third-order valence-corrected chi connectivity index (χ3v) is 4.27. The third kappa shape index (κ3) is 3.02. The summed E-state index contributed by atoms with van der Waals surface area (Å²) in [5, 5.41) is 4.75. The van der Waals surface area contributed by atoms with Gasteiger partial charge in [-0.3, -0.25) is 0 Å². The summed E-state index contributed by atoms with van der Waals surface area (Å²) in [4.78, 5) is 5.85. The molecule has 15 heavy (non-hydrogen) atoms. The maximum atomic E-state index is 4.44. The molecule has 0 amide bonds. The molecule has 84 valence electrons. The highest BCUT2D eigenvalue weighted by atomic mass is 32.1. The number of rotatable bonds is 4. The van der Waals surface area contributed by atoms with Crippen LogP contribution in [0.15, 0.2) is 0 Å². The molecule has 1 N–H and O–H groups in total. The minimum absolute atomic E-state index is 0.930. The van der Waals surface area contributed by atoms with Gasteiger partial charge in [0.15, 0.2) is 0 Å². The summed E-state index contributed by atoms with van der Waals surface area (Å²) in [5.41, 5.74) is 1.21. The molecule has 0 aliphatic heterocycles. The van der Waals surface area contributed by atoms with E-state index in [1.165, 1.54) is 47.8 Å². The Bertz CT molecular complexity index is 313. The molecular formula is C12H20N2S. The first kappa shape index (κ1) is 11.1. The van der Waals surface area contributed by atoms with Crippen LogP contribution in [0.5, 0.6) is 0 Å². The molecule has 2 rings (SSSR count). The first-order valence-corrected chi connectivity index (χ1v) is 6.71. The van der Waals surface area contributed by atoms with Gasteiger partial charge in [0.1, 0.15) is 0 Å². The molecule has 0 unspecified atom stereocenters. The van der Waals surface area contributed by atoms with Crippen LogP contribution in [-0.2, 0) is 6.54 Å². The molecule has 1 heterocycles. The SMILES string of the molecule is Cc1nc(C)c(CNCC2CCCC2)s1. The van der Waals surface area contributed by atoms with Gasteiger partial charge in [0.2, 0.25) is 0 Å². The molecule has 0 atom stereocenters. The van der Waals surface area contributed by atoms with E-state index < -0.39 is 0 Å². The van der Waals surface area contributed by atoms with Crippen molar-refractivity contribution in [3.63, 3.8) is 0 Å². The Balaban J connectivity index is 1.75. The summed E-state index contributed by atoms with van der Waals surface area (Å²) in [6, 6.07) is 0. The van der Waals surface area contributed by atoms with Gasteiger partial charge in [-0.05, 0) is 39.2 Å². The molecule has 1 aliphatic rings. The van der Waals surface area contributed by atoms with E-state index in [0.717, 1.165) is 12.5 Å². The Hall–Kier alpha value is -0.410. The molecule has 1 aromatic rings. The van der Waals surface area contributed by atoms with Gasteiger partial charge in [-0.15, -0.1) is 11.3 Å². The fourth-order valence-corrected chi connectivity index (χ4v) is 3.25. The lowest BCUT2D eigenvalue weighted by atomic mass is 10.1. The quantitative estimate of drug-likeness (QED) is 0.850. The van der Waals surface area contributed by atoms with Crippen molar-refractivity contribution in [3.8, 4) is 0 Å². The predicted octanol–water partition coefficient (Wildman–Crippen LogP) is 3.04. The van der Waals surface area contributed by atoms with Crippen molar-refractivity contribution in [3.05, 3.63) is 15.6 Å². The smallest absolute Gasteiger partial charge is 0.0900 e. The van der Waals surface area contributed by atoms with Crippen LogP contribution in [-0.4, -0.2) is 11.5 Å². The second-order valence-electron chi connectivity index (χ2n) is 4.52. The number of aryl methyl sites for hydroxylation is 2. The summed E-state index contributed by atoms with van der Waals surface area (Å²) < 4.78 is 0. The molecule has 0 radical (unpaired) electrons. The van der Waals surface area contributed by atoms with Crippen molar-refractivity contribution in [1.82, 2.24) is 10.3 Å². The summed E-state index contributed by atoms with van der Waals surface area (Å²) in [6.07, 6.45) is 5.72. The molecule has 1 aromatic heterocycles. The maximum Gasteiger partial charge on any atom is 0.0900 e. The Morgan fingerprint density at radius 1 is 1.33 bits per heavy atom. The number of thiazole rings is 1. The minimum atomic E-state index is 0.930. The van der Waals surface area contributed by atoms with Gasteiger partial charge in [0.25, 0.3) is 0 Å². The van der Waals surface area contributed by atoms with Gasteiger partial charge in [-0.2, -0.15) is 0 Å². The summed E-state index contributed by atoms with van der Waals surface area (Å²) in [7, 11) is 0. The van der Waals surface area contributed by atoms with Crippen molar-refractivity contribution >= 4 is 11.3 Å². The van der Waals surface area contributed by atoms with E-state index in [-0.39, 0.29) is 0 Å². The zero-order valence-electron chi connectivity index (χ0n) is 9.68. The molecule has 1 aliphatic carbocycles. The van der Waals surface area contributed by atoms with Gasteiger partial charge in [-0.25, -0.2) is 4.98 Å². The van der Waals surface area contributed by atoms with Crippen LogP contribution in [0.25, 0.3) is 0 Å². The van der Waals surface area contributed by atoms with Crippen LogP contribution >= 0.6 is 11.3 Å². The first-order chi connectivity index (χ1) is 7.25. The molecule has 0 aromatic carbocycles. The monoisotopic (exact) mass is 224 g/mol. The van der Waals surface area contributed by atoms with Gasteiger partial charge in [-0.1, -0.05) is 12.8 Å². The Morgan fingerprint density at radius 2 is 2.07 bits per heavy atom. The molecular weight excluding hydrogens is 204 g/mol. The zero-order chi connectivity index (χ0) is 10.7. The molecule has 1 saturated carbocycles. The molecule has 2 nitrogen and oxygen atoms in total.